The minimum Gasteiger partial charge on any atom is -0.370 e. The Labute approximate surface area is 125 Å². The SMILES string of the molecule is CC(C)(CNC(=O)NCCOCC(F)(F)F)c1cccs1. The lowest BCUT2D eigenvalue weighted by Crippen LogP contribution is -2.43. The molecule has 4 nitrogen and oxygen atoms in total. The standard InChI is InChI=1S/C13H19F3N2O2S/c1-12(2,10-4-3-7-21-10)8-18-11(19)17-5-6-20-9-13(14,15)16/h3-4,7H,5-6,8-9H2,1-2H3,(H2,17,18,19). The van der Waals surface area contributed by atoms with E-state index in [1.165, 1.54) is 0 Å². The number of nitrogens with one attached hydrogen (secondary N) is 2. The normalized spacial score (nSPS) is 12.2. The summed E-state index contributed by atoms with van der Waals surface area (Å²) in [5.74, 6) is 0. The maximum absolute atomic E-state index is 11.8. The number of halogens is 3. The molecule has 120 valence electrons. The molecule has 21 heavy (non-hydrogen) atoms. The van der Waals surface area contributed by atoms with E-state index >= 15 is 0 Å². The highest BCUT2D eigenvalue weighted by atomic mass is 32.1. The highest BCUT2D eigenvalue weighted by Gasteiger charge is 2.27. The Kier molecular flexibility index (Phi) is 6.47. The molecule has 0 fully saturated rings. The maximum atomic E-state index is 11.8. The Morgan fingerprint density at radius 2 is 2.05 bits per heavy atom. The van der Waals surface area contributed by atoms with E-state index < -0.39 is 18.8 Å². The second-order valence-electron chi connectivity index (χ2n) is 5.14. The molecule has 0 aliphatic rings. The van der Waals surface area contributed by atoms with E-state index in [1.807, 2.05) is 31.4 Å². The van der Waals surface area contributed by atoms with E-state index in [9.17, 15) is 18.0 Å². The number of carbonyl (C=O) groups is 1. The second-order valence-corrected chi connectivity index (χ2v) is 6.09. The Hall–Kier alpha value is -1.28. The van der Waals surface area contributed by atoms with Crippen LogP contribution in [-0.2, 0) is 10.2 Å². The summed E-state index contributed by atoms with van der Waals surface area (Å²) in [7, 11) is 0. The molecule has 0 unspecified atom stereocenters. The van der Waals surface area contributed by atoms with E-state index in [1.54, 1.807) is 11.3 Å². The first kappa shape index (κ1) is 17.8. The van der Waals surface area contributed by atoms with Gasteiger partial charge in [-0.2, -0.15) is 13.2 Å². The molecule has 0 saturated carbocycles. The molecule has 1 rings (SSSR count). The molecule has 0 saturated heterocycles. The van der Waals surface area contributed by atoms with E-state index in [0.717, 1.165) is 4.88 Å². The number of hydrogen-bond donors (Lipinski definition) is 2. The smallest absolute Gasteiger partial charge is 0.370 e. The first-order valence-electron chi connectivity index (χ1n) is 6.41. The summed E-state index contributed by atoms with van der Waals surface area (Å²) in [6.45, 7) is 2.99. The molecule has 0 atom stereocenters. The number of amides is 2. The summed E-state index contributed by atoms with van der Waals surface area (Å²) in [5, 5.41) is 7.11. The van der Waals surface area contributed by atoms with Gasteiger partial charge in [-0.05, 0) is 11.4 Å². The van der Waals surface area contributed by atoms with Gasteiger partial charge in [0.05, 0.1) is 6.61 Å². The van der Waals surface area contributed by atoms with Gasteiger partial charge in [-0.1, -0.05) is 19.9 Å². The third-order valence-electron chi connectivity index (χ3n) is 2.68. The Bertz CT molecular complexity index is 433. The molecule has 0 aliphatic carbocycles. The zero-order chi connectivity index (χ0) is 15.9. The van der Waals surface area contributed by atoms with Crippen molar-refractivity contribution in [2.24, 2.45) is 0 Å². The minimum absolute atomic E-state index is 0.0291. The van der Waals surface area contributed by atoms with Crippen molar-refractivity contribution in [2.75, 3.05) is 26.3 Å². The fraction of sp³-hybridized carbons (Fsp3) is 0.615. The number of rotatable bonds is 7. The van der Waals surface area contributed by atoms with Crippen LogP contribution >= 0.6 is 11.3 Å². The quantitative estimate of drug-likeness (QED) is 0.758. The molecule has 0 bridgehead atoms. The number of thiophene rings is 1. The highest BCUT2D eigenvalue weighted by Crippen LogP contribution is 2.26. The largest absolute Gasteiger partial charge is 0.411 e. The summed E-state index contributed by atoms with van der Waals surface area (Å²) in [6.07, 6.45) is -4.34. The van der Waals surface area contributed by atoms with Gasteiger partial charge in [0.15, 0.2) is 0 Å². The first-order chi connectivity index (χ1) is 9.71. The minimum atomic E-state index is -4.34. The molecule has 8 heteroatoms. The van der Waals surface area contributed by atoms with Crippen LogP contribution in [-0.4, -0.2) is 38.5 Å². The van der Waals surface area contributed by atoms with Gasteiger partial charge >= 0.3 is 12.2 Å². The molecule has 0 spiro atoms. The van der Waals surface area contributed by atoms with Crippen molar-refractivity contribution in [2.45, 2.75) is 25.4 Å². The molecular weight excluding hydrogens is 305 g/mol. The summed E-state index contributed by atoms with van der Waals surface area (Å²) in [6, 6.07) is 3.52. The molecule has 0 radical (unpaired) electrons. The second kappa shape index (κ2) is 7.65. The Morgan fingerprint density at radius 1 is 1.33 bits per heavy atom. The van der Waals surface area contributed by atoms with E-state index in [-0.39, 0.29) is 18.6 Å². The van der Waals surface area contributed by atoms with Crippen molar-refractivity contribution >= 4 is 17.4 Å². The third kappa shape index (κ3) is 7.33. The number of urea groups is 1. The van der Waals surface area contributed by atoms with Gasteiger partial charge in [0.2, 0.25) is 0 Å². The molecule has 1 heterocycles. The van der Waals surface area contributed by atoms with Crippen molar-refractivity contribution in [1.29, 1.82) is 0 Å². The van der Waals surface area contributed by atoms with E-state index in [2.05, 4.69) is 15.4 Å². The van der Waals surface area contributed by atoms with Gasteiger partial charge in [-0.3, -0.25) is 0 Å². The van der Waals surface area contributed by atoms with Gasteiger partial charge in [-0.15, -0.1) is 11.3 Å². The highest BCUT2D eigenvalue weighted by molar-refractivity contribution is 7.10. The van der Waals surface area contributed by atoms with Gasteiger partial charge in [-0.25, -0.2) is 4.79 Å². The zero-order valence-corrected chi connectivity index (χ0v) is 12.7. The zero-order valence-electron chi connectivity index (χ0n) is 11.9. The average Bonchev–Trinajstić information content (AvgIpc) is 2.89. The van der Waals surface area contributed by atoms with Crippen molar-refractivity contribution < 1.29 is 22.7 Å². The Morgan fingerprint density at radius 3 is 2.62 bits per heavy atom. The van der Waals surface area contributed by atoms with Crippen LogP contribution in [0, 0.1) is 0 Å². The average molecular weight is 324 g/mol. The first-order valence-corrected chi connectivity index (χ1v) is 7.29. The van der Waals surface area contributed by atoms with E-state index in [4.69, 9.17) is 0 Å². The topological polar surface area (TPSA) is 50.4 Å². The fourth-order valence-electron chi connectivity index (χ4n) is 1.54. The van der Waals surface area contributed by atoms with Crippen LogP contribution < -0.4 is 10.6 Å². The van der Waals surface area contributed by atoms with Gasteiger partial charge in [0.1, 0.15) is 6.61 Å². The summed E-state index contributed by atoms with van der Waals surface area (Å²) < 4.78 is 39.8. The van der Waals surface area contributed by atoms with Gasteiger partial charge < -0.3 is 15.4 Å². The molecule has 1 aromatic heterocycles. The van der Waals surface area contributed by atoms with Crippen LogP contribution in [0.4, 0.5) is 18.0 Å². The van der Waals surface area contributed by atoms with Crippen molar-refractivity contribution in [3.05, 3.63) is 22.4 Å². The Balaban J connectivity index is 2.17. The number of carbonyl (C=O) groups excluding carboxylic acids is 1. The van der Waals surface area contributed by atoms with Crippen molar-refractivity contribution in [1.82, 2.24) is 10.6 Å². The summed E-state index contributed by atoms with van der Waals surface area (Å²) in [5.41, 5.74) is -0.196. The van der Waals surface area contributed by atoms with Gasteiger partial charge in [0, 0.05) is 23.4 Å². The van der Waals surface area contributed by atoms with Crippen molar-refractivity contribution in [3.8, 4) is 0 Å². The van der Waals surface area contributed by atoms with Crippen LogP contribution in [0.25, 0.3) is 0 Å². The molecule has 1 aromatic rings. The van der Waals surface area contributed by atoms with Crippen LogP contribution in [0.5, 0.6) is 0 Å². The van der Waals surface area contributed by atoms with Crippen molar-refractivity contribution in [3.63, 3.8) is 0 Å². The van der Waals surface area contributed by atoms with Crippen LogP contribution in [0.1, 0.15) is 18.7 Å². The lowest BCUT2D eigenvalue weighted by Gasteiger charge is -2.23. The molecule has 0 aliphatic heterocycles. The van der Waals surface area contributed by atoms with Gasteiger partial charge in [0.25, 0.3) is 0 Å². The monoisotopic (exact) mass is 324 g/mol. The lowest BCUT2D eigenvalue weighted by molar-refractivity contribution is -0.173. The van der Waals surface area contributed by atoms with Crippen LogP contribution in [0.3, 0.4) is 0 Å². The van der Waals surface area contributed by atoms with E-state index in [0.29, 0.717) is 6.54 Å². The number of hydrogen-bond acceptors (Lipinski definition) is 3. The molecule has 2 N–H and O–H groups in total. The predicted octanol–water partition coefficient (Wildman–Crippen LogP) is 2.90. The van der Waals surface area contributed by atoms with Crippen LogP contribution in [0.15, 0.2) is 17.5 Å². The summed E-state index contributed by atoms with van der Waals surface area (Å²) >= 11 is 1.61. The third-order valence-corrected chi connectivity index (χ3v) is 3.91. The lowest BCUT2D eigenvalue weighted by atomic mass is 9.91. The predicted molar refractivity (Wildman–Crippen MR) is 75.6 cm³/mol. The fourth-order valence-corrected chi connectivity index (χ4v) is 2.39. The molecular formula is C13H19F3N2O2S. The molecule has 0 aromatic carbocycles. The molecule has 2 amide bonds. The number of ether oxygens (including phenoxy) is 1. The maximum Gasteiger partial charge on any atom is 0.411 e. The van der Waals surface area contributed by atoms with Crippen LogP contribution in [0.2, 0.25) is 0 Å². The number of alkyl halides is 3. The summed E-state index contributed by atoms with van der Waals surface area (Å²) in [4.78, 5) is 12.7.